The SMILES string of the molecule is COc1ccc(-n2nc3ccc(NC(=O)C(C)C)cc3n2)cc1Cl. The number of methoxy groups -OCH3 is 1. The van der Waals surface area contributed by atoms with E-state index in [-0.39, 0.29) is 11.8 Å². The van der Waals surface area contributed by atoms with Crippen LogP contribution in [-0.4, -0.2) is 28.0 Å². The second-order valence-electron chi connectivity index (χ2n) is 5.66. The summed E-state index contributed by atoms with van der Waals surface area (Å²) in [4.78, 5) is 13.3. The summed E-state index contributed by atoms with van der Waals surface area (Å²) < 4.78 is 5.14. The first-order chi connectivity index (χ1) is 11.5. The normalized spacial score (nSPS) is 11.0. The lowest BCUT2D eigenvalue weighted by Gasteiger charge is -2.06. The highest BCUT2D eigenvalue weighted by Crippen LogP contribution is 2.26. The molecular weight excluding hydrogens is 328 g/mol. The van der Waals surface area contributed by atoms with Crippen LogP contribution < -0.4 is 10.1 Å². The van der Waals surface area contributed by atoms with E-state index in [2.05, 4.69) is 15.5 Å². The monoisotopic (exact) mass is 344 g/mol. The summed E-state index contributed by atoms with van der Waals surface area (Å²) in [5.41, 5.74) is 2.83. The number of carbonyl (C=O) groups excluding carboxylic acids is 1. The van der Waals surface area contributed by atoms with Crippen LogP contribution in [0.1, 0.15) is 13.8 Å². The van der Waals surface area contributed by atoms with Gasteiger partial charge in [-0.15, -0.1) is 10.2 Å². The number of halogens is 1. The first-order valence-corrected chi connectivity index (χ1v) is 7.87. The van der Waals surface area contributed by atoms with Crippen LogP contribution in [0.3, 0.4) is 0 Å². The van der Waals surface area contributed by atoms with Gasteiger partial charge in [0.2, 0.25) is 5.91 Å². The summed E-state index contributed by atoms with van der Waals surface area (Å²) in [7, 11) is 1.56. The van der Waals surface area contributed by atoms with Crippen LogP contribution in [0, 0.1) is 5.92 Å². The molecular formula is C17H17ClN4O2. The van der Waals surface area contributed by atoms with E-state index in [4.69, 9.17) is 16.3 Å². The predicted octanol–water partition coefficient (Wildman–Crippen LogP) is 3.68. The van der Waals surface area contributed by atoms with Crippen molar-refractivity contribution in [3.8, 4) is 11.4 Å². The fraction of sp³-hybridized carbons (Fsp3) is 0.235. The highest BCUT2D eigenvalue weighted by atomic mass is 35.5. The highest BCUT2D eigenvalue weighted by molar-refractivity contribution is 6.32. The van der Waals surface area contributed by atoms with Crippen molar-refractivity contribution in [2.45, 2.75) is 13.8 Å². The van der Waals surface area contributed by atoms with Crippen molar-refractivity contribution < 1.29 is 9.53 Å². The van der Waals surface area contributed by atoms with Crippen molar-refractivity contribution in [1.29, 1.82) is 0 Å². The molecule has 124 valence electrons. The number of amides is 1. The molecule has 0 aliphatic rings. The van der Waals surface area contributed by atoms with E-state index in [1.807, 2.05) is 32.0 Å². The van der Waals surface area contributed by atoms with Crippen molar-refractivity contribution in [3.63, 3.8) is 0 Å². The highest BCUT2D eigenvalue weighted by Gasteiger charge is 2.11. The number of nitrogens with zero attached hydrogens (tertiary/aromatic N) is 3. The van der Waals surface area contributed by atoms with Gasteiger partial charge in [0.15, 0.2) is 0 Å². The molecule has 3 rings (SSSR count). The Morgan fingerprint density at radius 1 is 1.17 bits per heavy atom. The van der Waals surface area contributed by atoms with Crippen molar-refractivity contribution in [3.05, 3.63) is 41.4 Å². The van der Waals surface area contributed by atoms with E-state index in [0.29, 0.717) is 22.0 Å². The molecule has 24 heavy (non-hydrogen) atoms. The molecule has 0 unspecified atom stereocenters. The Hall–Kier alpha value is -2.60. The van der Waals surface area contributed by atoms with Gasteiger partial charge in [0.1, 0.15) is 16.8 Å². The first kappa shape index (κ1) is 16.3. The first-order valence-electron chi connectivity index (χ1n) is 7.50. The van der Waals surface area contributed by atoms with Gasteiger partial charge in [0.25, 0.3) is 0 Å². The zero-order valence-corrected chi connectivity index (χ0v) is 14.3. The van der Waals surface area contributed by atoms with Gasteiger partial charge >= 0.3 is 0 Å². The molecule has 7 heteroatoms. The van der Waals surface area contributed by atoms with Gasteiger partial charge in [0.05, 0.1) is 17.8 Å². The lowest BCUT2D eigenvalue weighted by Crippen LogP contribution is -2.17. The van der Waals surface area contributed by atoms with E-state index in [9.17, 15) is 4.79 Å². The van der Waals surface area contributed by atoms with Gasteiger partial charge in [-0.25, -0.2) is 0 Å². The molecule has 1 amide bonds. The minimum atomic E-state index is -0.0854. The van der Waals surface area contributed by atoms with Gasteiger partial charge in [-0.2, -0.15) is 4.80 Å². The smallest absolute Gasteiger partial charge is 0.226 e. The number of benzene rings is 2. The zero-order valence-electron chi connectivity index (χ0n) is 13.6. The topological polar surface area (TPSA) is 69.0 Å². The predicted molar refractivity (Wildman–Crippen MR) is 93.9 cm³/mol. The van der Waals surface area contributed by atoms with Gasteiger partial charge in [-0.1, -0.05) is 25.4 Å². The number of rotatable bonds is 4. The van der Waals surface area contributed by atoms with E-state index >= 15 is 0 Å². The number of carbonyl (C=O) groups is 1. The number of nitrogens with one attached hydrogen (secondary N) is 1. The molecule has 0 spiro atoms. The largest absolute Gasteiger partial charge is 0.495 e. The van der Waals surface area contributed by atoms with Crippen LogP contribution in [0.4, 0.5) is 5.69 Å². The van der Waals surface area contributed by atoms with Crippen LogP contribution in [0.5, 0.6) is 5.75 Å². The third-order valence-electron chi connectivity index (χ3n) is 3.54. The molecule has 0 saturated carbocycles. The summed E-state index contributed by atoms with van der Waals surface area (Å²) in [6.45, 7) is 3.69. The zero-order chi connectivity index (χ0) is 17.3. The third kappa shape index (κ3) is 3.19. The standard InChI is InChI=1S/C17H17ClN4O2/c1-10(2)17(23)19-11-4-6-14-15(8-11)21-22(20-14)12-5-7-16(24-3)13(18)9-12/h4-10H,1-3H3,(H,19,23). The molecule has 1 N–H and O–H groups in total. The Bertz CT molecular complexity index is 905. The molecule has 0 radical (unpaired) electrons. The fourth-order valence-corrected chi connectivity index (χ4v) is 2.43. The van der Waals surface area contributed by atoms with Crippen molar-refractivity contribution >= 4 is 34.2 Å². The average molecular weight is 345 g/mol. The Labute approximate surface area is 144 Å². The van der Waals surface area contributed by atoms with Crippen LogP contribution in [0.15, 0.2) is 36.4 Å². The van der Waals surface area contributed by atoms with Crippen molar-refractivity contribution in [2.24, 2.45) is 5.92 Å². The number of fused-ring (bicyclic) bond motifs is 1. The number of hydrogen-bond donors (Lipinski definition) is 1. The lowest BCUT2D eigenvalue weighted by atomic mass is 10.2. The molecule has 0 fully saturated rings. The minimum absolute atomic E-state index is 0.0383. The molecule has 2 aromatic carbocycles. The van der Waals surface area contributed by atoms with Gasteiger partial charge in [-0.05, 0) is 36.4 Å². The van der Waals surface area contributed by atoms with Crippen LogP contribution in [-0.2, 0) is 4.79 Å². The van der Waals surface area contributed by atoms with E-state index in [1.54, 1.807) is 25.3 Å². The fourth-order valence-electron chi connectivity index (χ4n) is 2.17. The summed E-state index contributed by atoms with van der Waals surface area (Å²) in [5.74, 6) is 0.470. The van der Waals surface area contributed by atoms with Gasteiger partial charge in [0, 0.05) is 11.6 Å². The van der Waals surface area contributed by atoms with E-state index in [1.165, 1.54) is 4.80 Å². The van der Waals surface area contributed by atoms with E-state index < -0.39 is 0 Å². The maximum Gasteiger partial charge on any atom is 0.226 e. The second kappa shape index (κ2) is 6.49. The number of hydrogen-bond acceptors (Lipinski definition) is 4. The summed E-state index contributed by atoms with van der Waals surface area (Å²) in [6.07, 6.45) is 0. The molecule has 3 aromatic rings. The molecule has 0 atom stereocenters. The quantitative estimate of drug-likeness (QED) is 0.784. The third-order valence-corrected chi connectivity index (χ3v) is 3.83. The molecule has 0 aliphatic carbocycles. The number of ether oxygens (including phenoxy) is 1. The van der Waals surface area contributed by atoms with Crippen molar-refractivity contribution in [2.75, 3.05) is 12.4 Å². The van der Waals surface area contributed by atoms with Crippen LogP contribution in [0.2, 0.25) is 5.02 Å². The van der Waals surface area contributed by atoms with Crippen molar-refractivity contribution in [1.82, 2.24) is 15.0 Å². The maximum atomic E-state index is 11.8. The Balaban J connectivity index is 1.94. The van der Waals surface area contributed by atoms with Crippen LogP contribution >= 0.6 is 11.6 Å². The Morgan fingerprint density at radius 2 is 1.92 bits per heavy atom. The molecule has 0 bridgehead atoms. The Morgan fingerprint density at radius 3 is 2.58 bits per heavy atom. The molecule has 1 aromatic heterocycles. The molecule has 0 saturated heterocycles. The summed E-state index contributed by atoms with van der Waals surface area (Å²) >= 11 is 6.15. The Kier molecular flexibility index (Phi) is 4.40. The minimum Gasteiger partial charge on any atom is -0.495 e. The van der Waals surface area contributed by atoms with Gasteiger partial charge < -0.3 is 10.1 Å². The van der Waals surface area contributed by atoms with Crippen LogP contribution in [0.25, 0.3) is 16.7 Å². The van der Waals surface area contributed by atoms with E-state index in [0.717, 1.165) is 11.2 Å². The second-order valence-corrected chi connectivity index (χ2v) is 6.06. The number of anilines is 1. The summed E-state index contributed by atoms with van der Waals surface area (Å²) in [6, 6.07) is 10.7. The molecule has 0 aliphatic heterocycles. The lowest BCUT2D eigenvalue weighted by molar-refractivity contribution is -0.118. The average Bonchev–Trinajstić information content (AvgIpc) is 2.97. The molecule has 6 nitrogen and oxygen atoms in total. The molecule has 1 heterocycles. The van der Waals surface area contributed by atoms with Gasteiger partial charge in [-0.3, -0.25) is 4.79 Å². The number of aromatic nitrogens is 3. The maximum absolute atomic E-state index is 11.8. The summed E-state index contributed by atoms with van der Waals surface area (Å²) in [5, 5.41) is 12.2.